The highest BCUT2D eigenvalue weighted by Gasteiger charge is 2.09. The van der Waals surface area contributed by atoms with Crippen molar-refractivity contribution in [1.29, 1.82) is 0 Å². The van der Waals surface area contributed by atoms with Crippen LogP contribution in [0.4, 0.5) is 5.82 Å². The van der Waals surface area contributed by atoms with E-state index in [0.717, 1.165) is 35.7 Å². The molecule has 0 spiro atoms. The number of imidazole rings is 1. The summed E-state index contributed by atoms with van der Waals surface area (Å²) in [4.78, 5) is 8.81. The topological polar surface area (TPSA) is 71.7 Å². The number of nitrogens with one attached hydrogen (secondary N) is 1. The predicted octanol–water partition coefficient (Wildman–Crippen LogP) is 2.55. The predicted molar refractivity (Wildman–Crippen MR) is 85.1 cm³/mol. The van der Waals surface area contributed by atoms with E-state index in [-0.39, 0.29) is 5.75 Å². The summed E-state index contributed by atoms with van der Waals surface area (Å²) in [5.74, 6) is 1.00. The van der Waals surface area contributed by atoms with E-state index in [1.165, 1.54) is 0 Å². The van der Waals surface area contributed by atoms with Gasteiger partial charge in [-0.1, -0.05) is 0 Å². The highest BCUT2D eigenvalue weighted by molar-refractivity contribution is 5.70. The number of benzene rings is 1. The molecule has 3 rings (SSSR count). The van der Waals surface area contributed by atoms with Crippen molar-refractivity contribution in [3.05, 3.63) is 42.9 Å². The number of ether oxygens (including phenoxy) is 1. The Morgan fingerprint density at radius 2 is 2.05 bits per heavy atom. The first kappa shape index (κ1) is 14.3. The molecule has 1 aromatic carbocycles. The van der Waals surface area contributed by atoms with Gasteiger partial charge in [0.2, 0.25) is 0 Å². The Bertz CT molecular complexity index is 752. The van der Waals surface area contributed by atoms with Crippen molar-refractivity contribution < 1.29 is 9.84 Å². The number of phenolic OH excluding ortho intramolecular Hbond substituents is 1. The van der Waals surface area contributed by atoms with Crippen LogP contribution in [0.2, 0.25) is 0 Å². The lowest BCUT2D eigenvalue weighted by Crippen LogP contribution is -2.07. The van der Waals surface area contributed by atoms with Crippen molar-refractivity contribution in [3.8, 4) is 17.0 Å². The van der Waals surface area contributed by atoms with Crippen molar-refractivity contribution in [2.45, 2.75) is 6.42 Å². The molecule has 0 fully saturated rings. The average molecular weight is 298 g/mol. The second-order valence-electron chi connectivity index (χ2n) is 4.93. The molecule has 0 amide bonds. The maximum absolute atomic E-state index is 9.40. The van der Waals surface area contributed by atoms with Crippen molar-refractivity contribution in [1.82, 2.24) is 14.4 Å². The molecule has 0 saturated carbocycles. The number of aromatic nitrogens is 3. The van der Waals surface area contributed by atoms with Crippen LogP contribution in [0.25, 0.3) is 16.9 Å². The molecule has 6 nitrogen and oxygen atoms in total. The van der Waals surface area contributed by atoms with Crippen LogP contribution in [0.3, 0.4) is 0 Å². The van der Waals surface area contributed by atoms with E-state index in [9.17, 15) is 5.11 Å². The van der Waals surface area contributed by atoms with Gasteiger partial charge in [-0.2, -0.15) is 0 Å². The van der Waals surface area contributed by atoms with Crippen LogP contribution in [0.15, 0.2) is 42.9 Å². The summed E-state index contributed by atoms with van der Waals surface area (Å²) >= 11 is 0. The maximum Gasteiger partial charge on any atom is 0.180 e. The van der Waals surface area contributed by atoms with Crippen LogP contribution in [0.1, 0.15) is 6.42 Å². The van der Waals surface area contributed by atoms with E-state index in [1.807, 2.05) is 28.9 Å². The minimum absolute atomic E-state index is 0.250. The Hall–Kier alpha value is -2.60. The molecule has 2 N–H and O–H groups in total. The van der Waals surface area contributed by atoms with Gasteiger partial charge in [0.15, 0.2) is 11.5 Å². The highest BCUT2D eigenvalue weighted by Crippen LogP contribution is 2.24. The van der Waals surface area contributed by atoms with E-state index in [4.69, 9.17) is 4.74 Å². The first-order valence-electron chi connectivity index (χ1n) is 7.14. The molecule has 6 heteroatoms. The van der Waals surface area contributed by atoms with Gasteiger partial charge in [-0.25, -0.2) is 9.97 Å². The van der Waals surface area contributed by atoms with Gasteiger partial charge in [-0.3, -0.25) is 4.40 Å². The van der Waals surface area contributed by atoms with Gasteiger partial charge in [0, 0.05) is 38.2 Å². The third kappa shape index (κ3) is 2.87. The third-order valence-corrected chi connectivity index (χ3v) is 3.41. The summed E-state index contributed by atoms with van der Waals surface area (Å²) < 4.78 is 7.02. The molecule has 114 valence electrons. The average Bonchev–Trinajstić information content (AvgIpc) is 2.97. The second-order valence-corrected chi connectivity index (χ2v) is 4.93. The van der Waals surface area contributed by atoms with E-state index in [0.29, 0.717) is 6.61 Å². The second kappa shape index (κ2) is 6.44. The van der Waals surface area contributed by atoms with Gasteiger partial charge < -0.3 is 15.2 Å². The molecule has 0 unspecified atom stereocenters. The molecule has 0 bridgehead atoms. The van der Waals surface area contributed by atoms with Crippen LogP contribution in [0, 0.1) is 0 Å². The van der Waals surface area contributed by atoms with Gasteiger partial charge in [0.1, 0.15) is 5.75 Å². The van der Waals surface area contributed by atoms with Crippen LogP contribution < -0.4 is 5.32 Å². The van der Waals surface area contributed by atoms with Crippen molar-refractivity contribution in [3.63, 3.8) is 0 Å². The Labute approximate surface area is 128 Å². The number of hydrogen-bond acceptors (Lipinski definition) is 5. The lowest BCUT2D eigenvalue weighted by molar-refractivity contribution is 0.198. The number of rotatable bonds is 6. The van der Waals surface area contributed by atoms with Crippen LogP contribution in [-0.2, 0) is 4.74 Å². The SMILES string of the molecule is COCCCNc1nccn2c(-c3ccc(O)cc3)cnc12. The number of fused-ring (bicyclic) bond motifs is 1. The number of hydrogen-bond donors (Lipinski definition) is 2. The van der Waals surface area contributed by atoms with Crippen LogP contribution >= 0.6 is 0 Å². The number of anilines is 1. The molecule has 2 heterocycles. The third-order valence-electron chi connectivity index (χ3n) is 3.41. The number of phenols is 1. The molecule has 0 atom stereocenters. The summed E-state index contributed by atoms with van der Waals surface area (Å²) in [6, 6.07) is 7.06. The minimum Gasteiger partial charge on any atom is -0.508 e. The fraction of sp³-hybridized carbons (Fsp3) is 0.250. The Morgan fingerprint density at radius 3 is 2.82 bits per heavy atom. The van der Waals surface area contributed by atoms with Gasteiger partial charge in [-0.05, 0) is 30.7 Å². The fourth-order valence-corrected chi connectivity index (χ4v) is 2.31. The number of nitrogens with zero attached hydrogens (tertiary/aromatic N) is 3. The summed E-state index contributed by atoms with van der Waals surface area (Å²) in [5, 5.41) is 12.7. The molecule has 22 heavy (non-hydrogen) atoms. The van der Waals surface area contributed by atoms with E-state index in [2.05, 4.69) is 15.3 Å². The summed E-state index contributed by atoms with van der Waals surface area (Å²) in [5.41, 5.74) is 2.72. The number of aromatic hydroxyl groups is 1. The Kier molecular flexibility index (Phi) is 4.20. The molecule has 0 aliphatic carbocycles. The lowest BCUT2D eigenvalue weighted by atomic mass is 10.1. The van der Waals surface area contributed by atoms with Crippen LogP contribution in [0.5, 0.6) is 5.75 Å². The molecule has 0 saturated heterocycles. The molecule has 3 aromatic rings. The zero-order chi connectivity index (χ0) is 15.4. The van der Waals surface area contributed by atoms with Gasteiger partial charge in [0.25, 0.3) is 0 Å². The molecular formula is C16H18N4O2. The summed E-state index contributed by atoms with van der Waals surface area (Å²) in [6.07, 6.45) is 6.34. The molecule has 0 aliphatic heterocycles. The normalized spacial score (nSPS) is 11.0. The standard InChI is InChI=1S/C16H18N4O2/c1-22-10-2-7-17-15-16-19-11-14(20(16)9-8-18-15)12-3-5-13(21)6-4-12/h3-6,8-9,11,21H,2,7,10H2,1H3,(H,17,18). The molecule has 0 aliphatic rings. The first-order chi connectivity index (χ1) is 10.8. The van der Waals surface area contributed by atoms with Crippen LogP contribution in [-0.4, -0.2) is 39.7 Å². The molecular weight excluding hydrogens is 280 g/mol. The fourth-order valence-electron chi connectivity index (χ4n) is 2.31. The first-order valence-corrected chi connectivity index (χ1v) is 7.14. The molecule has 0 radical (unpaired) electrons. The summed E-state index contributed by atoms with van der Waals surface area (Å²) in [7, 11) is 1.69. The lowest BCUT2D eigenvalue weighted by Gasteiger charge is -2.07. The Morgan fingerprint density at radius 1 is 1.23 bits per heavy atom. The summed E-state index contributed by atoms with van der Waals surface area (Å²) in [6.45, 7) is 1.49. The largest absolute Gasteiger partial charge is 0.508 e. The van der Waals surface area contributed by atoms with Gasteiger partial charge in [-0.15, -0.1) is 0 Å². The number of methoxy groups -OCH3 is 1. The quantitative estimate of drug-likeness (QED) is 0.684. The van der Waals surface area contributed by atoms with Gasteiger partial charge in [0.05, 0.1) is 11.9 Å². The zero-order valence-electron chi connectivity index (χ0n) is 12.4. The van der Waals surface area contributed by atoms with E-state index in [1.54, 1.807) is 25.4 Å². The smallest absolute Gasteiger partial charge is 0.180 e. The van der Waals surface area contributed by atoms with Crippen molar-refractivity contribution in [2.75, 3.05) is 25.6 Å². The molecule has 2 aromatic heterocycles. The zero-order valence-corrected chi connectivity index (χ0v) is 12.4. The minimum atomic E-state index is 0.250. The van der Waals surface area contributed by atoms with E-state index >= 15 is 0 Å². The Balaban J connectivity index is 1.90. The van der Waals surface area contributed by atoms with Gasteiger partial charge >= 0.3 is 0 Å². The van der Waals surface area contributed by atoms with Crippen molar-refractivity contribution in [2.24, 2.45) is 0 Å². The highest BCUT2D eigenvalue weighted by atomic mass is 16.5. The monoisotopic (exact) mass is 298 g/mol. The van der Waals surface area contributed by atoms with E-state index < -0.39 is 0 Å². The maximum atomic E-state index is 9.40. The van der Waals surface area contributed by atoms with Crippen molar-refractivity contribution >= 4 is 11.5 Å².